The zero-order valence-corrected chi connectivity index (χ0v) is 21.9. The number of nitrogen functional groups attached to an aromatic ring is 1. The molecule has 1 aliphatic carbocycles. The predicted molar refractivity (Wildman–Crippen MR) is 147 cm³/mol. The number of rotatable bonds is 7. The molecule has 1 aliphatic heterocycles. The monoisotopic (exact) mass is 494 g/mol. The molecule has 0 aromatic carbocycles. The van der Waals surface area contributed by atoms with Gasteiger partial charge in [0.15, 0.2) is 0 Å². The number of allylic oxidation sites excluding steroid dienone is 2. The summed E-state index contributed by atoms with van der Waals surface area (Å²) in [5.74, 6) is 0.448. The fourth-order valence-corrected chi connectivity index (χ4v) is 6.51. The van der Waals surface area contributed by atoms with Gasteiger partial charge in [-0.2, -0.15) is 0 Å². The predicted octanol–water partition coefficient (Wildman–Crippen LogP) is 7.56. The Hall–Kier alpha value is -2.22. The van der Waals surface area contributed by atoms with Gasteiger partial charge >= 0.3 is 0 Å². The van der Waals surface area contributed by atoms with Crippen LogP contribution in [0.3, 0.4) is 0 Å². The van der Waals surface area contributed by atoms with Gasteiger partial charge in [-0.1, -0.05) is 45.3 Å². The van der Waals surface area contributed by atoms with Crippen molar-refractivity contribution in [1.29, 1.82) is 5.41 Å². The number of ether oxygens (including phenoxy) is 1. The zero-order chi connectivity index (χ0) is 24.1. The molecule has 2 aliphatic rings. The standard InChI is InChI=1S/C23H24N4OS2.C4H10/c1-2-13(9-24)19-8-17(18-7-6-14(10-26-18)15-11-28-12-15)20-21(25)23(30-22(20)27-19)29-16-4-3-5-16;1-3-4-2/h2,6-10,15-16,24H,3-5,11-12,25H2,1H3;3-4H2,1-2H3/b13-2+,24-9?;. The van der Waals surface area contributed by atoms with Crippen LogP contribution in [0.2, 0.25) is 0 Å². The molecule has 2 fully saturated rings. The molecule has 0 bridgehead atoms. The normalized spacial score (nSPS) is 16.5. The highest BCUT2D eigenvalue weighted by Gasteiger charge is 2.25. The fraction of sp³-hybridized carbons (Fsp3) is 0.444. The molecular formula is C27H34N4OS2. The van der Waals surface area contributed by atoms with Crippen molar-refractivity contribution in [3.63, 3.8) is 0 Å². The lowest BCUT2D eigenvalue weighted by atomic mass is 9.98. The summed E-state index contributed by atoms with van der Waals surface area (Å²) in [6.45, 7) is 7.84. The summed E-state index contributed by atoms with van der Waals surface area (Å²) in [6.07, 6.45) is 11.7. The van der Waals surface area contributed by atoms with Crippen LogP contribution in [0.25, 0.3) is 27.0 Å². The molecule has 1 saturated heterocycles. The summed E-state index contributed by atoms with van der Waals surface area (Å²) in [5.41, 5.74) is 12.1. The number of thioether (sulfide) groups is 1. The van der Waals surface area contributed by atoms with Crippen molar-refractivity contribution in [3.05, 3.63) is 41.7 Å². The minimum atomic E-state index is 0.448. The first kappa shape index (κ1) is 24.9. The Morgan fingerprint density at radius 2 is 2.03 bits per heavy atom. The number of nitrogens with zero attached hydrogens (tertiary/aromatic N) is 2. The maximum Gasteiger partial charge on any atom is 0.127 e. The molecule has 0 unspecified atom stereocenters. The summed E-state index contributed by atoms with van der Waals surface area (Å²) >= 11 is 3.55. The lowest BCUT2D eigenvalue weighted by molar-refractivity contribution is 0.00830. The topological polar surface area (TPSA) is 84.9 Å². The minimum absolute atomic E-state index is 0.448. The van der Waals surface area contributed by atoms with Crippen molar-refractivity contribution in [1.82, 2.24) is 9.97 Å². The second kappa shape index (κ2) is 11.5. The van der Waals surface area contributed by atoms with Crippen molar-refractivity contribution in [3.8, 4) is 11.3 Å². The van der Waals surface area contributed by atoms with E-state index in [0.717, 1.165) is 55.9 Å². The average molecular weight is 495 g/mol. The maximum atomic E-state index is 7.77. The van der Waals surface area contributed by atoms with Gasteiger partial charge in [-0.3, -0.25) is 4.98 Å². The number of aromatic nitrogens is 2. The molecule has 3 N–H and O–H groups in total. The van der Waals surface area contributed by atoms with Crippen LogP contribution in [0.15, 0.2) is 34.7 Å². The smallest absolute Gasteiger partial charge is 0.127 e. The molecule has 0 spiro atoms. The summed E-state index contributed by atoms with van der Waals surface area (Å²) in [5, 5.41) is 9.42. The molecule has 34 heavy (non-hydrogen) atoms. The van der Waals surface area contributed by atoms with E-state index in [1.807, 2.05) is 37.0 Å². The number of pyridine rings is 2. The summed E-state index contributed by atoms with van der Waals surface area (Å²) in [4.78, 5) is 10.6. The zero-order valence-electron chi connectivity index (χ0n) is 20.3. The fourth-order valence-electron chi connectivity index (χ4n) is 3.72. The Kier molecular flexibility index (Phi) is 8.40. The van der Waals surface area contributed by atoms with Crippen molar-refractivity contribution in [2.45, 2.75) is 68.3 Å². The van der Waals surface area contributed by atoms with E-state index in [0.29, 0.717) is 11.2 Å². The number of anilines is 1. The number of unbranched alkanes of at least 4 members (excludes halogenated alkanes) is 1. The highest BCUT2D eigenvalue weighted by molar-refractivity contribution is 8.02. The van der Waals surface area contributed by atoms with Gasteiger partial charge in [-0.25, -0.2) is 4.98 Å². The number of nitrogens with two attached hydrogens (primary N) is 1. The first-order chi connectivity index (χ1) is 16.6. The van der Waals surface area contributed by atoms with Gasteiger partial charge < -0.3 is 15.9 Å². The lowest BCUT2D eigenvalue weighted by Crippen LogP contribution is -2.25. The average Bonchev–Trinajstić information content (AvgIpc) is 3.11. The van der Waals surface area contributed by atoms with Crippen LogP contribution in [-0.4, -0.2) is 34.6 Å². The molecule has 0 atom stereocenters. The Labute approximate surface area is 210 Å². The van der Waals surface area contributed by atoms with Gasteiger partial charge in [0.1, 0.15) is 4.83 Å². The van der Waals surface area contributed by atoms with E-state index in [1.54, 1.807) is 11.3 Å². The van der Waals surface area contributed by atoms with E-state index in [9.17, 15) is 0 Å². The van der Waals surface area contributed by atoms with Crippen LogP contribution >= 0.6 is 23.1 Å². The Balaban J connectivity index is 0.000000636. The van der Waals surface area contributed by atoms with E-state index in [4.69, 9.17) is 25.8 Å². The molecule has 7 heteroatoms. The molecule has 4 heterocycles. The molecule has 0 radical (unpaired) electrons. The van der Waals surface area contributed by atoms with E-state index >= 15 is 0 Å². The molecule has 0 amide bonds. The Morgan fingerprint density at radius 3 is 2.53 bits per heavy atom. The highest BCUT2D eigenvalue weighted by Crippen LogP contribution is 2.48. The van der Waals surface area contributed by atoms with E-state index < -0.39 is 0 Å². The molecule has 3 aromatic heterocycles. The SMILES string of the molecule is C/C=C(\C=N)c1cc(-c2ccc(C3COC3)cn2)c2c(N)c(SC3CCC3)sc2n1.CCCC. The number of fused-ring (bicyclic) bond motifs is 1. The van der Waals surface area contributed by atoms with Crippen molar-refractivity contribution in [2.75, 3.05) is 18.9 Å². The largest absolute Gasteiger partial charge is 0.397 e. The van der Waals surface area contributed by atoms with Gasteiger partial charge in [0.2, 0.25) is 0 Å². The molecule has 5 rings (SSSR count). The molecule has 180 valence electrons. The lowest BCUT2D eigenvalue weighted by Gasteiger charge is -2.26. The first-order valence-electron chi connectivity index (χ1n) is 12.2. The number of hydrogen-bond donors (Lipinski definition) is 2. The third-order valence-electron chi connectivity index (χ3n) is 6.42. The quantitative estimate of drug-likeness (QED) is 0.331. The van der Waals surface area contributed by atoms with Gasteiger partial charge in [0.25, 0.3) is 0 Å². The van der Waals surface area contributed by atoms with Gasteiger partial charge in [0, 0.05) is 40.1 Å². The first-order valence-corrected chi connectivity index (χ1v) is 13.9. The van der Waals surface area contributed by atoms with Gasteiger partial charge in [0.05, 0.1) is 34.5 Å². The highest BCUT2D eigenvalue weighted by atomic mass is 32.2. The van der Waals surface area contributed by atoms with Crippen LogP contribution in [0.5, 0.6) is 0 Å². The second-order valence-corrected chi connectivity index (χ2v) is 11.4. The van der Waals surface area contributed by atoms with Gasteiger partial charge in [-0.05, 0) is 37.5 Å². The van der Waals surface area contributed by atoms with Crippen LogP contribution in [0.4, 0.5) is 5.69 Å². The molecule has 3 aromatic rings. The van der Waals surface area contributed by atoms with E-state index in [-0.39, 0.29) is 0 Å². The van der Waals surface area contributed by atoms with Crippen molar-refractivity contribution >= 4 is 50.8 Å². The number of thiophene rings is 1. The van der Waals surface area contributed by atoms with Crippen molar-refractivity contribution in [2.24, 2.45) is 0 Å². The summed E-state index contributed by atoms with van der Waals surface area (Å²) in [7, 11) is 0. The van der Waals surface area contributed by atoms with E-state index in [2.05, 4.69) is 26.0 Å². The van der Waals surface area contributed by atoms with Crippen LogP contribution in [0.1, 0.15) is 70.1 Å². The molecular weight excluding hydrogens is 460 g/mol. The van der Waals surface area contributed by atoms with Crippen LogP contribution in [0, 0.1) is 5.41 Å². The number of hydrogen-bond acceptors (Lipinski definition) is 7. The Morgan fingerprint density at radius 1 is 1.26 bits per heavy atom. The van der Waals surface area contributed by atoms with Crippen LogP contribution < -0.4 is 5.73 Å². The van der Waals surface area contributed by atoms with Crippen molar-refractivity contribution < 1.29 is 4.74 Å². The maximum absolute atomic E-state index is 7.77. The van der Waals surface area contributed by atoms with Crippen LogP contribution in [-0.2, 0) is 4.74 Å². The Bertz CT molecular complexity index is 1160. The third kappa shape index (κ3) is 5.21. The minimum Gasteiger partial charge on any atom is -0.397 e. The molecule has 5 nitrogen and oxygen atoms in total. The molecule has 1 saturated carbocycles. The van der Waals surface area contributed by atoms with Gasteiger partial charge in [-0.15, -0.1) is 23.1 Å². The summed E-state index contributed by atoms with van der Waals surface area (Å²) < 4.78 is 6.47. The second-order valence-electron chi connectivity index (χ2n) is 8.81. The van der Waals surface area contributed by atoms with E-state index in [1.165, 1.54) is 43.9 Å². The number of nitrogens with one attached hydrogen (secondary N) is 1. The summed E-state index contributed by atoms with van der Waals surface area (Å²) in [6, 6.07) is 6.24. The third-order valence-corrected chi connectivity index (χ3v) is 9.10.